The Labute approximate surface area is 97.1 Å². The number of nitrogens with zero attached hydrogens (tertiary/aromatic N) is 2. The normalized spacial score (nSPS) is 12.3. The van der Waals surface area contributed by atoms with Crippen LogP contribution in [0.25, 0.3) is 0 Å². The first kappa shape index (κ1) is 12.2. The minimum atomic E-state index is 0.0191. The summed E-state index contributed by atoms with van der Waals surface area (Å²) in [5.74, 6) is 0.456. The summed E-state index contributed by atoms with van der Waals surface area (Å²) >= 11 is 3.37. The minimum absolute atomic E-state index is 0.0191. The molecule has 1 aromatic heterocycles. The molecule has 15 heavy (non-hydrogen) atoms. The van der Waals surface area contributed by atoms with Gasteiger partial charge in [-0.15, -0.1) is 0 Å². The summed E-state index contributed by atoms with van der Waals surface area (Å²) in [6.07, 6.45) is 0.635. The van der Waals surface area contributed by atoms with Gasteiger partial charge in [0.25, 0.3) is 0 Å². The summed E-state index contributed by atoms with van der Waals surface area (Å²) in [5, 5.41) is 0. The average molecular weight is 276 g/mol. The van der Waals surface area contributed by atoms with Crippen LogP contribution in [0.5, 0.6) is 11.9 Å². The Kier molecular flexibility index (Phi) is 4.28. The van der Waals surface area contributed by atoms with Gasteiger partial charge in [-0.2, -0.15) is 9.97 Å². The summed E-state index contributed by atoms with van der Waals surface area (Å²) in [5.41, 5.74) is 6.50. The zero-order valence-corrected chi connectivity index (χ0v) is 10.5. The van der Waals surface area contributed by atoms with Gasteiger partial charge < -0.3 is 15.2 Å². The molecular weight excluding hydrogens is 262 g/mol. The molecule has 6 heteroatoms. The first-order valence-electron chi connectivity index (χ1n) is 4.48. The standard InChI is InChI=1S/C9H14BrN3O2/c1-5(11)4-6-7(10)8(14-2)13-9(12-6)15-3/h5H,4,11H2,1-3H3. The molecule has 0 amide bonds. The lowest BCUT2D eigenvalue weighted by Crippen LogP contribution is -2.19. The average Bonchev–Trinajstić information content (AvgIpc) is 2.20. The molecule has 0 bridgehead atoms. The van der Waals surface area contributed by atoms with Crippen molar-refractivity contribution in [2.75, 3.05) is 14.2 Å². The minimum Gasteiger partial charge on any atom is -0.480 e. The number of hydrogen-bond donors (Lipinski definition) is 1. The number of rotatable bonds is 4. The molecule has 1 unspecified atom stereocenters. The van der Waals surface area contributed by atoms with E-state index in [0.29, 0.717) is 12.3 Å². The number of halogens is 1. The predicted molar refractivity (Wildman–Crippen MR) is 60.2 cm³/mol. The molecule has 1 rings (SSSR count). The van der Waals surface area contributed by atoms with Crippen molar-refractivity contribution in [3.8, 4) is 11.9 Å². The number of methoxy groups -OCH3 is 2. The van der Waals surface area contributed by atoms with Crippen LogP contribution in [0, 0.1) is 0 Å². The summed E-state index contributed by atoms with van der Waals surface area (Å²) in [6.45, 7) is 1.91. The third kappa shape index (κ3) is 3.04. The Balaban J connectivity index is 3.12. The molecule has 1 aromatic rings. The Morgan fingerprint density at radius 2 is 2.00 bits per heavy atom. The van der Waals surface area contributed by atoms with Crippen molar-refractivity contribution in [1.82, 2.24) is 9.97 Å². The Morgan fingerprint density at radius 3 is 2.47 bits per heavy atom. The van der Waals surface area contributed by atoms with Gasteiger partial charge in [-0.25, -0.2) is 0 Å². The van der Waals surface area contributed by atoms with Crippen LogP contribution in [0.2, 0.25) is 0 Å². The van der Waals surface area contributed by atoms with Crippen LogP contribution in [0.1, 0.15) is 12.6 Å². The molecule has 2 N–H and O–H groups in total. The highest BCUT2D eigenvalue weighted by Gasteiger charge is 2.14. The summed E-state index contributed by atoms with van der Waals surface area (Å²) in [4.78, 5) is 8.23. The fourth-order valence-electron chi connectivity index (χ4n) is 1.12. The van der Waals surface area contributed by atoms with Gasteiger partial charge in [-0.3, -0.25) is 0 Å². The Hall–Kier alpha value is -0.880. The number of aromatic nitrogens is 2. The first-order chi connectivity index (χ1) is 7.08. The zero-order chi connectivity index (χ0) is 11.4. The monoisotopic (exact) mass is 275 g/mol. The fraction of sp³-hybridized carbons (Fsp3) is 0.556. The van der Waals surface area contributed by atoms with Gasteiger partial charge in [0.05, 0.1) is 19.9 Å². The van der Waals surface area contributed by atoms with Gasteiger partial charge in [0.2, 0.25) is 5.88 Å². The maximum absolute atomic E-state index is 5.71. The van der Waals surface area contributed by atoms with E-state index >= 15 is 0 Å². The Bertz CT molecular complexity index is 344. The van der Waals surface area contributed by atoms with Crippen LogP contribution >= 0.6 is 15.9 Å². The van der Waals surface area contributed by atoms with Crippen LogP contribution in [-0.2, 0) is 6.42 Å². The predicted octanol–water partition coefficient (Wildman–Crippen LogP) is 1.15. The number of hydrogen-bond acceptors (Lipinski definition) is 5. The second-order valence-electron chi connectivity index (χ2n) is 3.16. The van der Waals surface area contributed by atoms with Crippen LogP contribution < -0.4 is 15.2 Å². The van der Waals surface area contributed by atoms with E-state index in [0.717, 1.165) is 10.2 Å². The molecule has 0 aliphatic rings. The lowest BCUT2D eigenvalue weighted by atomic mass is 10.2. The van der Waals surface area contributed by atoms with Crippen molar-refractivity contribution >= 4 is 15.9 Å². The van der Waals surface area contributed by atoms with E-state index in [1.54, 1.807) is 7.11 Å². The van der Waals surface area contributed by atoms with Crippen molar-refractivity contribution in [1.29, 1.82) is 0 Å². The SMILES string of the molecule is COc1nc(CC(C)N)c(Br)c(OC)n1. The maximum Gasteiger partial charge on any atom is 0.319 e. The second kappa shape index (κ2) is 5.27. The van der Waals surface area contributed by atoms with Crippen LogP contribution in [0.15, 0.2) is 4.47 Å². The highest BCUT2D eigenvalue weighted by Crippen LogP contribution is 2.28. The molecular formula is C9H14BrN3O2. The molecule has 0 radical (unpaired) electrons. The van der Waals surface area contributed by atoms with Crippen molar-refractivity contribution in [2.24, 2.45) is 5.73 Å². The van der Waals surface area contributed by atoms with E-state index in [9.17, 15) is 0 Å². The third-order valence-electron chi connectivity index (χ3n) is 1.76. The van der Waals surface area contributed by atoms with Gasteiger partial charge in [0, 0.05) is 12.5 Å². The van der Waals surface area contributed by atoms with Crippen LogP contribution in [0.4, 0.5) is 0 Å². The second-order valence-corrected chi connectivity index (χ2v) is 3.95. The molecule has 0 saturated carbocycles. The van der Waals surface area contributed by atoms with Gasteiger partial charge in [0.15, 0.2) is 0 Å². The summed E-state index contributed by atoms with van der Waals surface area (Å²) in [7, 11) is 3.06. The summed E-state index contributed by atoms with van der Waals surface area (Å²) < 4.78 is 10.8. The topological polar surface area (TPSA) is 70.3 Å². The van der Waals surface area contributed by atoms with Crippen molar-refractivity contribution < 1.29 is 9.47 Å². The number of ether oxygens (including phenoxy) is 2. The van der Waals surface area contributed by atoms with E-state index in [-0.39, 0.29) is 12.1 Å². The lowest BCUT2D eigenvalue weighted by molar-refractivity contribution is 0.347. The molecule has 0 aliphatic carbocycles. The maximum atomic E-state index is 5.71. The van der Waals surface area contributed by atoms with E-state index in [2.05, 4.69) is 25.9 Å². The van der Waals surface area contributed by atoms with Gasteiger partial charge >= 0.3 is 6.01 Å². The molecule has 0 spiro atoms. The zero-order valence-electron chi connectivity index (χ0n) is 8.95. The van der Waals surface area contributed by atoms with Gasteiger partial charge in [-0.1, -0.05) is 0 Å². The first-order valence-corrected chi connectivity index (χ1v) is 5.27. The molecule has 0 saturated heterocycles. The summed E-state index contributed by atoms with van der Waals surface area (Å²) in [6, 6.07) is 0.302. The lowest BCUT2D eigenvalue weighted by Gasteiger charge is -2.10. The molecule has 84 valence electrons. The quantitative estimate of drug-likeness (QED) is 0.893. The molecule has 1 atom stereocenters. The Morgan fingerprint density at radius 1 is 1.33 bits per heavy atom. The van der Waals surface area contributed by atoms with E-state index in [4.69, 9.17) is 15.2 Å². The van der Waals surface area contributed by atoms with Crippen LogP contribution in [-0.4, -0.2) is 30.2 Å². The molecule has 0 aromatic carbocycles. The third-order valence-corrected chi connectivity index (χ3v) is 2.56. The smallest absolute Gasteiger partial charge is 0.319 e. The number of nitrogens with two attached hydrogens (primary N) is 1. The van der Waals surface area contributed by atoms with E-state index in [1.807, 2.05) is 6.92 Å². The largest absolute Gasteiger partial charge is 0.480 e. The highest BCUT2D eigenvalue weighted by atomic mass is 79.9. The van der Waals surface area contributed by atoms with E-state index < -0.39 is 0 Å². The van der Waals surface area contributed by atoms with Crippen molar-refractivity contribution in [3.05, 3.63) is 10.2 Å². The highest BCUT2D eigenvalue weighted by molar-refractivity contribution is 9.10. The molecule has 5 nitrogen and oxygen atoms in total. The van der Waals surface area contributed by atoms with Gasteiger partial charge in [-0.05, 0) is 22.9 Å². The molecule has 0 aliphatic heterocycles. The fourth-order valence-corrected chi connectivity index (χ4v) is 1.62. The molecule has 0 fully saturated rings. The van der Waals surface area contributed by atoms with E-state index in [1.165, 1.54) is 7.11 Å². The van der Waals surface area contributed by atoms with Crippen LogP contribution in [0.3, 0.4) is 0 Å². The van der Waals surface area contributed by atoms with Gasteiger partial charge in [0.1, 0.15) is 4.47 Å². The van der Waals surface area contributed by atoms with Crippen molar-refractivity contribution in [2.45, 2.75) is 19.4 Å². The van der Waals surface area contributed by atoms with Crippen molar-refractivity contribution in [3.63, 3.8) is 0 Å². The molecule has 1 heterocycles.